The van der Waals surface area contributed by atoms with E-state index in [0.29, 0.717) is 13.2 Å². The second-order valence-electron chi connectivity index (χ2n) is 4.35. The molecular formula is C13H19NO4. The molecule has 0 aliphatic carbocycles. The summed E-state index contributed by atoms with van der Waals surface area (Å²) in [6.45, 7) is 4.69. The normalized spacial score (nSPS) is 10.7. The van der Waals surface area contributed by atoms with E-state index in [1.807, 2.05) is 13.8 Å². The van der Waals surface area contributed by atoms with Gasteiger partial charge in [0, 0.05) is 13.6 Å². The van der Waals surface area contributed by atoms with Crippen LogP contribution in [0.1, 0.15) is 24.2 Å². The quantitative estimate of drug-likeness (QED) is 0.782. The van der Waals surface area contributed by atoms with Gasteiger partial charge in [0.05, 0.1) is 18.3 Å². The highest BCUT2D eigenvalue weighted by Gasteiger charge is 2.16. The van der Waals surface area contributed by atoms with Crippen LogP contribution in [0, 0.1) is 0 Å². The van der Waals surface area contributed by atoms with Crippen LogP contribution in [-0.4, -0.2) is 47.3 Å². The minimum absolute atomic E-state index is 0.0528. The van der Waals surface area contributed by atoms with E-state index < -0.39 is 0 Å². The van der Waals surface area contributed by atoms with Crippen LogP contribution in [0.3, 0.4) is 0 Å². The molecule has 1 amide bonds. The lowest BCUT2D eigenvalue weighted by molar-refractivity contribution is 0.0530. The molecule has 0 fully saturated rings. The van der Waals surface area contributed by atoms with Gasteiger partial charge in [-0.3, -0.25) is 4.79 Å². The maximum atomic E-state index is 12.0. The van der Waals surface area contributed by atoms with Crippen molar-refractivity contribution in [3.63, 3.8) is 0 Å². The number of nitrogens with zero attached hydrogens (tertiary/aromatic N) is 1. The van der Waals surface area contributed by atoms with Crippen molar-refractivity contribution in [1.29, 1.82) is 0 Å². The number of phenolic OH excluding ortho intramolecular Hbond substituents is 2. The Balaban J connectivity index is 2.65. The Kier molecular flexibility index (Phi) is 4.97. The van der Waals surface area contributed by atoms with Gasteiger partial charge < -0.3 is 19.8 Å². The molecule has 0 aliphatic rings. The first kappa shape index (κ1) is 14.3. The monoisotopic (exact) mass is 253 g/mol. The van der Waals surface area contributed by atoms with Gasteiger partial charge in [0.15, 0.2) is 0 Å². The second kappa shape index (κ2) is 6.26. The molecule has 0 heterocycles. The molecule has 1 rings (SSSR count). The van der Waals surface area contributed by atoms with Crippen molar-refractivity contribution in [2.45, 2.75) is 20.0 Å². The van der Waals surface area contributed by atoms with E-state index in [2.05, 4.69) is 0 Å². The Morgan fingerprint density at radius 1 is 1.39 bits per heavy atom. The number of carbonyl (C=O) groups excluding carboxylic acids is 1. The van der Waals surface area contributed by atoms with Gasteiger partial charge in [0.2, 0.25) is 0 Å². The highest BCUT2D eigenvalue weighted by Crippen LogP contribution is 2.23. The molecule has 0 bridgehead atoms. The number of amides is 1. The molecule has 0 unspecified atom stereocenters. The third-order valence-electron chi connectivity index (χ3n) is 2.44. The molecule has 0 radical (unpaired) electrons. The third-order valence-corrected chi connectivity index (χ3v) is 2.44. The Morgan fingerprint density at radius 3 is 2.67 bits per heavy atom. The molecule has 0 saturated heterocycles. The van der Waals surface area contributed by atoms with Crippen molar-refractivity contribution < 1.29 is 19.7 Å². The topological polar surface area (TPSA) is 70.0 Å². The van der Waals surface area contributed by atoms with E-state index in [0.717, 1.165) is 0 Å². The van der Waals surface area contributed by atoms with Crippen LogP contribution in [0.25, 0.3) is 0 Å². The molecule has 0 saturated carbocycles. The number of carbonyl (C=O) groups is 1. The Labute approximate surface area is 107 Å². The molecule has 0 aromatic heterocycles. The van der Waals surface area contributed by atoms with Crippen LogP contribution in [0.15, 0.2) is 18.2 Å². The van der Waals surface area contributed by atoms with Crippen molar-refractivity contribution in [2.24, 2.45) is 0 Å². The fraction of sp³-hybridized carbons (Fsp3) is 0.462. The van der Waals surface area contributed by atoms with E-state index in [1.165, 1.54) is 23.1 Å². The number of aromatic hydroxyl groups is 2. The SMILES string of the molecule is CC(C)OCCN(C)C(=O)c1cc(O)ccc1O. The first-order valence-corrected chi connectivity index (χ1v) is 5.81. The van der Waals surface area contributed by atoms with Crippen LogP contribution in [-0.2, 0) is 4.74 Å². The zero-order valence-corrected chi connectivity index (χ0v) is 10.9. The number of benzene rings is 1. The summed E-state index contributed by atoms with van der Waals surface area (Å²) in [5, 5.41) is 18.9. The zero-order valence-electron chi connectivity index (χ0n) is 10.9. The number of phenols is 2. The maximum absolute atomic E-state index is 12.0. The summed E-state index contributed by atoms with van der Waals surface area (Å²) in [6.07, 6.45) is 0.114. The van der Waals surface area contributed by atoms with Gasteiger partial charge in [-0.15, -0.1) is 0 Å². The van der Waals surface area contributed by atoms with Gasteiger partial charge in [-0.05, 0) is 32.0 Å². The highest BCUT2D eigenvalue weighted by atomic mass is 16.5. The number of ether oxygens (including phenoxy) is 1. The first-order valence-electron chi connectivity index (χ1n) is 5.81. The van der Waals surface area contributed by atoms with Crippen LogP contribution in [0.2, 0.25) is 0 Å². The molecular weight excluding hydrogens is 234 g/mol. The van der Waals surface area contributed by atoms with E-state index >= 15 is 0 Å². The molecule has 100 valence electrons. The van der Waals surface area contributed by atoms with Gasteiger partial charge in [0.1, 0.15) is 11.5 Å². The molecule has 2 N–H and O–H groups in total. The van der Waals surface area contributed by atoms with E-state index in [1.54, 1.807) is 7.05 Å². The van der Waals surface area contributed by atoms with Crippen molar-refractivity contribution in [3.8, 4) is 11.5 Å². The third kappa shape index (κ3) is 3.92. The summed E-state index contributed by atoms with van der Waals surface area (Å²) < 4.78 is 5.35. The predicted octanol–water partition coefficient (Wildman–Crippen LogP) is 1.59. The average molecular weight is 253 g/mol. The van der Waals surface area contributed by atoms with Crippen LogP contribution < -0.4 is 0 Å². The van der Waals surface area contributed by atoms with Crippen molar-refractivity contribution in [1.82, 2.24) is 4.90 Å². The fourth-order valence-corrected chi connectivity index (χ4v) is 1.43. The van der Waals surface area contributed by atoms with Crippen molar-refractivity contribution in [3.05, 3.63) is 23.8 Å². The second-order valence-corrected chi connectivity index (χ2v) is 4.35. The molecule has 0 aliphatic heterocycles. The molecule has 1 aromatic rings. The predicted molar refractivity (Wildman–Crippen MR) is 67.8 cm³/mol. The number of rotatable bonds is 5. The van der Waals surface area contributed by atoms with Crippen LogP contribution >= 0.6 is 0 Å². The molecule has 0 spiro atoms. The van der Waals surface area contributed by atoms with E-state index in [-0.39, 0.29) is 29.1 Å². The smallest absolute Gasteiger partial charge is 0.257 e. The molecule has 5 nitrogen and oxygen atoms in total. The largest absolute Gasteiger partial charge is 0.508 e. The van der Waals surface area contributed by atoms with Gasteiger partial charge in [0.25, 0.3) is 5.91 Å². The zero-order chi connectivity index (χ0) is 13.7. The van der Waals surface area contributed by atoms with E-state index in [4.69, 9.17) is 4.74 Å². The molecule has 0 atom stereocenters. The standard InChI is InChI=1S/C13H19NO4/c1-9(2)18-7-6-14(3)13(17)11-8-10(15)4-5-12(11)16/h4-5,8-9,15-16H,6-7H2,1-3H3. The lowest BCUT2D eigenvalue weighted by Gasteiger charge is -2.18. The van der Waals surface area contributed by atoms with Gasteiger partial charge in [-0.1, -0.05) is 0 Å². The number of likely N-dealkylation sites (N-methyl/N-ethyl adjacent to an activating group) is 1. The van der Waals surface area contributed by atoms with Gasteiger partial charge >= 0.3 is 0 Å². The minimum atomic E-state index is -0.351. The summed E-state index contributed by atoms with van der Waals surface area (Å²) in [7, 11) is 1.62. The van der Waals surface area contributed by atoms with Crippen molar-refractivity contribution in [2.75, 3.05) is 20.2 Å². The number of hydrogen-bond donors (Lipinski definition) is 2. The van der Waals surface area contributed by atoms with Gasteiger partial charge in [-0.2, -0.15) is 0 Å². The minimum Gasteiger partial charge on any atom is -0.508 e. The van der Waals surface area contributed by atoms with E-state index in [9.17, 15) is 15.0 Å². The molecule has 1 aromatic carbocycles. The van der Waals surface area contributed by atoms with Crippen LogP contribution in [0.5, 0.6) is 11.5 Å². The molecule has 18 heavy (non-hydrogen) atoms. The highest BCUT2D eigenvalue weighted by molar-refractivity contribution is 5.97. The van der Waals surface area contributed by atoms with Crippen molar-refractivity contribution >= 4 is 5.91 Å². The van der Waals surface area contributed by atoms with Gasteiger partial charge in [-0.25, -0.2) is 0 Å². The number of hydrogen-bond acceptors (Lipinski definition) is 4. The Hall–Kier alpha value is -1.75. The van der Waals surface area contributed by atoms with Crippen LogP contribution in [0.4, 0.5) is 0 Å². The first-order chi connectivity index (χ1) is 8.41. The average Bonchev–Trinajstić information content (AvgIpc) is 2.30. The summed E-state index contributed by atoms with van der Waals surface area (Å²) >= 11 is 0. The fourth-order valence-electron chi connectivity index (χ4n) is 1.43. The molecule has 5 heteroatoms. The summed E-state index contributed by atoms with van der Waals surface area (Å²) in [5.74, 6) is -0.548. The summed E-state index contributed by atoms with van der Waals surface area (Å²) in [6, 6.07) is 3.87. The lowest BCUT2D eigenvalue weighted by Crippen LogP contribution is -2.30. The summed E-state index contributed by atoms with van der Waals surface area (Å²) in [5.41, 5.74) is 0.0852. The maximum Gasteiger partial charge on any atom is 0.257 e. The Bertz CT molecular complexity index is 417. The summed E-state index contributed by atoms with van der Waals surface area (Å²) in [4.78, 5) is 13.4. The Morgan fingerprint density at radius 2 is 2.06 bits per heavy atom. The lowest BCUT2D eigenvalue weighted by atomic mass is 10.1.